The van der Waals surface area contributed by atoms with Crippen LogP contribution in [-0.2, 0) is 5.41 Å². The molecule has 96 valence electrons. The molecule has 2 rings (SSSR count). The molecule has 0 aliphatic heterocycles. The molecule has 0 unspecified atom stereocenters. The van der Waals surface area contributed by atoms with Crippen LogP contribution in [0.3, 0.4) is 0 Å². The maximum absolute atomic E-state index is 6.11. The average molecular weight is 236 g/mol. The lowest BCUT2D eigenvalue weighted by atomic mass is 9.87. The fourth-order valence-corrected chi connectivity index (χ4v) is 2.67. The molecule has 0 saturated heterocycles. The van der Waals surface area contributed by atoms with Gasteiger partial charge in [-0.05, 0) is 12.8 Å². The highest BCUT2D eigenvalue weighted by Gasteiger charge is 2.28. The number of nitrogens with two attached hydrogens (primary N) is 2. The van der Waals surface area contributed by atoms with Crippen LogP contribution in [0.4, 0.5) is 5.82 Å². The summed E-state index contributed by atoms with van der Waals surface area (Å²) in [6.07, 6.45) is 6.31. The molecule has 1 heterocycles. The normalized spacial score (nSPS) is 18.5. The number of hydrogen-bond acceptors (Lipinski definition) is 3. The zero-order valence-electron chi connectivity index (χ0n) is 11.2. The lowest BCUT2D eigenvalue weighted by Crippen LogP contribution is -2.24. The van der Waals surface area contributed by atoms with E-state index in [-0.39, 0.29) is 5.41 Å². The van der Waals surface area contributed by atoms with E-state index in [2.05, 4.69) is 20.8 Å². The third kappa shape index (κ3) is 2.26. The Balaban J connectivity index is 2.35. The molecule has 0 amide bonds. The molecular formula is C13H24N4. The number of aromatic nitrogens is 2. The van der Waals surface area contributed by atoms with Crippen molar-refractivity contribution in [3.8, 4) is 0 Å². The van der Waals surface area contributed by atoms with Crippen molar-refractivity contribution in [2.75, 3.05) is 11.6 Å². The minimum Gasteiger partial charge on any atom is -0.382 e. The monoisotopic (exact) mass is 236 g/mol. The van der Waals surface area contributed by atoms with Gasteiger partial charge in [0, 0.05) is 11.3 Å². The quantitative estimate of drug-likeness (QED) is 0.736. The van der Waals surface area contributed by atoms with E-state index in [0.29, 0.717) is 11.7 Å². The van der Waals surface area contributed by atoms with Crippen molar-refractivity contribution in [2.45, 2.75) is 64.2 Å². The molecule has 1 aromatic heterocycles. The summed E-state index contributed by atoms with van der Waals surface area (Å²) >= 11 is 0. The Bertz CT molecular complexity index is 394. The summed E-state index contributed by atoms with van der Waals surface area (Å²) in [6.45, 7) is 6.34. The standard InChI is InChI=1S/C13H24N4/c1-13(2,3)12-16-10(11(14)17(12)15)9-7-5-4-6-8-9/h9H,4-8,14-15H2,1-3H3. The molecule has 0 spiro atoms. The van der Waals surface area contributed by atoms with Gasteiger partial charge in [-0.15, -0.1) is 0 Å². The van der Waals surface area contributed by atoms with E-state index in [0.717, 1.165) is 11.5 Å². The summed E-state index contributed by atoms with van der Waals surface area (Å²) in [6, 6.07) is 0. The highest BCUT2D eigenvalue weighted by Crippen LogP contribution is 2.36. The third-order valence-electron chi connectivity index (χ3n) is 3.64. The third-order valence-corrected chi connectivity index (χ3v) is 3.64. The van der Waals surface area contributed by atoms with Crippen LogP contribution in [0, 0.1) is 0 Å². The molecule has 4 N–H and O–H groups in total. The van der Waals surface area contributed by atoms with Gasteiger partial charge in [0.2, 0.25) is 0 Å². The van der Waals surface area contributed by atoms with Gasteiger partial charge in [0.15, 0.2) is 0 Å². The lowest BCUT2D eigenvalue weighted by Gasteiger charge is -2.20. The predicted molar refractivity (Wildman–Crippen MR) is 71.3 cm³/mol. The molecule has 1 fully saturated rings. The van der Waals surface area contributed by atoms with Gasteiger partial charge in [-0.3, -0.25) is 0 Å². The number of anilines is 1. The molecule has 1 saturated carbocycles. The first-order valence-electron chi connectivity index (χ1n) is 6.55. The number of rotatable bonds is 1. The Hall–Kier alpha value is -1.19. The van der Waals surface area contributed by atoms with Crippen molar-refractivity contribution >= 4 is 5.82 Å². The first-order chi connectivity index (χ1) is 7.91. The van der Waals surface area contributed by atoms with Gasteiger partial charge in [-0.25, -0.2) is 9.66 Å². The Morgan fingerprint density at radius 1 is 1.18 bits per heavy atom. The molecule has 0 aromatic carbocycles. The maximum Gasteiger partial charge on any atom is 0.146 e. The summed E-state index contributed by atoms with van der Waals surface area (Å²) in [7, 11) is 0. The lowest BCUT2D eigenvalue weighted by molar-refractivity contribution is 0.436. The number of hydrogen-bond donors (Lipinski definition) is 2. The molecule has 0 radical (unpaired) electrons. The highest BCUT2D eigenvalue weighted by molar-refractivity contribution is 5.42. The van der Waals surface area contributed by atoms with Crippen LogP contribution in [0.5, 0.6) is 0 Å². The first-order valence-corrected chi connectivity index (χ1v) is 6.55. The largest absolute Gasteiger partial charge is 0.382 e. The molecule has 17 heavy (non-hydrogen) atoms. The topological polar surface area (TPSA) is 69.9 Å². The highest BCUT2D eigenvalue weighted by atomic mass is 15.4. The van der Waals surface area contributed by atoms with Crippen molar-refractivity contribution in [3.63, 3.8) is 0 Å². The summed E-state index contributed by atoms with van der Waals surface area (Å²) in [5.74, 6) is 8.07. The first kappa shape index (κ1) is 12.3. The minimum absolute atomic E-state index is 0.0597. The van der Waals surface area contributed by atoms with Crippen LogP contribution < -0.4 is 11.6 Å². The van der Waals surface area contributed by atoms with E-state index < -0.39 is 0 Å². The predicted octanol–water partition coefficient (Wildman–Crippen LogP) is 2.52. The van der Waals surface area contributed by atoms with E-state index in [9.17, 15) is 0 Å². The summed E-state index contributed by atoms with van der Waals surface area (Å²) in [4.78, 5) is 4.72. The zero-order chi connectivity index (χ0) is 12.6. The van der Waals surface area contributed by atoms with Crippen molar-refractivity contribution < 1.29 is 0 Å². The molecule has 1 aliphatic rings. The number of nitrogen functional groups attached to an aromatic ring is 2. The Labute approximate surface area is 103 Å². The SMILES string of the molecule is CC(C)(C)c1nc(C2CCCCC2)c(N)n1N. The molecule has 4 nitrogen and oxygen atoms in total. The Morgan fingerprint density at radius 2 is 1.76 bits per heavy atom. The molecule has 0 atom stereocenters. The van der Waals surface area contributed by atoms with Gasteiger partial charge in [0.25, 0.3) is 0 Å². The van der Waals surface area contributed by atoms with Crippen molar-refractivity contribution in [2.24, 2.45) is 0 Å². The van der Waals surface area contributed by atoms with Gasteiger partial charge in [-0.2, -0.15) is 0 Å². The average Bonchev–Trinajstić information content (AvgIpc) is 2.57. The molecule has 1 aliphatic carbocycles. The van der Waals surface area contributed by atoms with Gasteiger partial charge < -0.3 is 11.6 Å². The van der Waals surface area contributed by atoms with Crippen molar-refractivity contribution in [1.82, 2.24) is 9.66 Å². The van der Waals surface area contributed by atoms with Crippen LogP contribution in [0.1, 0.15) is 70.3 Å². The Morgan fingerprint density at radius 3 is 2.24 bits per heavy atom. The van der Waals surface area contributed by atoms with Crippen molar-refractivity contribution in [3.05, 3.63) is 11.5 Å². The van der Waals surface area contributed by atoms with Crippen LogP contribution in [0.25, 0.3) is 0 Å². The smallest absolute Gasteiger partial charge is 0.146 e. The van der Waals surface area contributed by atoms with Crippen molar-refractivity contribution in [1.29, 1.82) is 0 Å². The van der Waals surface area contributed by atoms with Crippen LogP contribution in [0.2, 0.25) is 0 Å². The zero-order valence-corrected chi connectivity index (χ0v) is 11.2. The fourth-order valence-electron chi connectivity index (χ4n) is 2.67. The molecular weight excluding hydrogens is 212 g/mol. The summed E-state index contributed by atoms with van der Waals surface area (Å²) in [5.41, 5.74) is 7.07. The fraction of sp³-hybridized carbons (Fsp3) is 0.769. The summed E-state index contributed by atoms with van der Waals surface area (Å²) < 4.78 is 1.57. The van der Waals surface area contributed by atoms with E-state index in [4.69, 9.17) is 16.6 Å². The van der Waals surface area contributed by atoms with Gasteiger partial charge in [-0.1, -0.05) is 40.0 Å². The van der Waals surface area contributed by atoms with Crippen LogP contribution in [0.15, 0.2) is 0 Å². The van der Waals surface area contributed by atoms with E-state index >= 15 is 0 Å². The second-order valence-electron chi connectivity index (χ2n) is 6.16. The number of imidazole rings is 1. The van der Waals surface area contributed by atoms with Gasteiger partial charge >= 0.3 is 0 Å². The van der Waals surface area contributed by atoms with Gasteiger partial charge in [0.1, 0.15) is 11.6 Å². The summed E-state index contributed by atoms with van der Waals surface area (Å²) in [5, 5.41) is 0. The van der Waals surface area contributed by atoms with E-state index in [1.54, 1.807) is 4.68 Å². The van der Waals surface area contributed by atoms with Gasteiger partial charge in [0.05, 0.1) is 5.69 Å². The van der Waals surface area contributed by atoms with Crippen LogP contribution in [-0.4, -0.2) is 9.66 Å². The molecule has 0 bridgehead atoms. The Kier molecular flexibility index (Phi) is 3.06. The molecule has 4 heteroatoms. The second-order valence-corrected chi connectivity index (χ2v) is 6.16. The molecule has 1 aromatic rings. The van der Waals surface area contributed by atoms with E-state index in [1.807, 2.05) is 0 Å². The maximum atomic E-state index is 6.11. The van der Waals surface area contributed by atoms with E-state index in [1.165, 1.54) is 32.1 Å². The minimum atomic E-state index is -0.0597. The number of nitrogens with zero attached hydrogens (tertiary/aromatic N) is 2. The van der Waals surface area contributed by atoms with Crippen LogP contribution >= 0.6 is 0 Å². The second kappa shape index (κ2) is 4.24.